The number of aromatic nitrogens is 10. The summed E-state index contributed by atoms with van der Waals surface area (Å²) in [4.78, 5) is 43.9. The fourth-order valence-corrected chi connectivity index (χ4v) is 13.0. The average Bonchev–Trinajstić information content (AvgIpc) is 1.50. The molecular formula is C87H78F6IN15O3. The highest BCUT2D eigenvalue weighted by atomic mass is 127. The van der Waals surface area contributed by atoms with Crippen LogP contribution >= 0.6 is 22.6 Å². The lowest BCUT2D eigenvalue weighted by Crippen LogP contribution is -2.00. The van der Waals surface area contributed by atoms with Gasteiger partial charge in [-0.1, -0.05) is 37.1 Å². The number of alkyl halides is 6. The van der Waals surface area contributed by atoms with Crippen molar-refractivity contribution in [1.29, 1.82) is 26.3 Å². The molecule has 0 atom stereocenters. The predicted molar refractivity (Wildman–Crippen MR) is 435 cm³/mol. The second kappa shape index (κ2) is 38.1. The number of benzene rings is 5. The van der Waals surface area contributed by atoms with Gasteiger partial charge in [0.1, 0.15) is 5.52 Å². The molecule has 1 N–H and O–H groups in total. The van der Waals surface area contributed by atoms with E-state index in [2.05, 4.69) is 76.4 Å². The van der Waals surface area contributed by atoms with Gasteiger partial charge in [-0.2, -0.15) is 26.3 Å². The highest BCUT2D eigenvalue weighted by molar-refractivity contribution is 14.1. The third kappa shape index (κ3) is 18.3. The van der Waals surface area contributed by atoms with Crippen molar-refractivity contribution in [2.75, 3.05) is 0 Å². The van der Waals surface area contributed by atoms with Crippen molar-refractivity contribution >= 4 is 89.8 Å². The summed E-state index contributed by atoms with van der Waals surface area (Å²) in [5.41, 5.74) is 20.0. The summed E-state index contributed by atoms with van der Waals surface area (Å²) in [5.74, 6) is -0.179. The molecule has 0 amide bonds. The van der Waals surface area contributed by atoms with Crippen molar-refractivity contribution in [2.24, 2.45) is 0 Å². The van der Waals surface area contributed by atoms with Crippen LogP contribution in [0.4, 0.5) is 26.3 Å². The Hall–Kier alpha value is -13.4. The minimum absolute atomic E-state index is 0. The lowest BCUT2D eigenvalue weighted by atomic mass is 10.1. The number of rotatable bonds is 11. The van der Waals surface area contributed by atoms with Gasteiger partial charge in [0.2, 0.25) is 0 Å². The number of aliphatic hydroxyl groups is 1. The van der Waals surface area contributed by atoms with E-state index in [9.17, 15) is 41.0 Å². The van der Waals surface area contributed by atoms with E-state index < -0.39 is 19.3 Å². The first-order chi connectivity index (χ1) is 51.5. The van der Waals surface area contributed by atoms with Gasteiger partial charge in [-0.05, 0) is 240 Å². The molecular weight excluding hydrogens is 1540 g/mol. The van der Waals surface area contributed by atoms with Crippen LogP contribution < -0.4 is 0 Å². The number of pyridine rings is 5. The summed E-state index contributed by atoms with van der Waals surface area (Å²) >= 11 is 2.17. The van der Waals surface area contributed by atoms with Gasteiger partial charge in [0.05, 0.1) is 124 Å². The predicted octanol–water partition coefficient (Wildman–Crippen LogP) is 22.1. The number of halogens is 7. The van der Waals surface area contributed by atoms with Crippen LogP contribution in [0.1, 0.15) is 163 Å². The van der Waals surface area contributed by atoms with Gasteiger partial charge in [0.15, 0.2) is 12.1 Å². The second-order valence-corrected chi connectivity index (χ2v) is 25.4. The molecule has 0 fully saturated rings. The van der Waals surface area contributed by atoms with Crippen LogP contribution in [0.15, 0.2) is 201 Å². The lowest BCUT2D eigenvalue weighted by molar-refractivity contribution is 0.101. The van der Waals surface area contributed by atoms with Crippen LogP contribution in [0.25, 0.3) is 83.6 Å². The molecule has 25 heteroatoms. The van der Waals surface area contributed by atoms with Crippen molar-refractivity contribution in [1.82, 2.24) is 47.8 Å². The largest absolute Gasteiger partial charge is 0.392 e. The van der Waals surface area contributed by atoms with E-state index in [4.69, 9.17) is 26.3 Å². The Morgan fingerprint density at radius 2 is 0.705 bits per heavy atom. The minimum atomic E-state index is -2.65. The zero-order valence-electron chi connectivity index (χ0n) is 57.7. The van der Waals surface area contributed by atoms with Gasteiger partial charge in [-0.3, -0.25) is 34.5 Å². The van der Waals surface area contributed by atoms with Crippen LogP contribution in [0.2, 0.25) is 0 Å². The maximum absolute atomic E-state index is 13.0. The van der Waals surface area contributed by atoms with E-state index in [1.54, 1.807) is 121 Å². The van der Waals surface area contributed by atoms with Crippen LogP contribution in [0, 0.1) is 94.8 Å². The summed E-state index contributed by atoms with van der Waals surface area (Å²) in [6, 6.07) is 59.7. The lowest BCUT2D eigenvalue weighted by Gasteiger charge is -2.09. The van der Waals surface area contributed by atoms with Crippen LogP contribution in [-0.4, -0.2) is 64.9 Å². The minimum Gasteiger partial charge on any atom is -0.392 e. The Morgan fingerprint density at radius 3 is 1.04 bits per heavy atom. The van der Waals surface area contributed by atoms with Crippen molar-refractivity contribution in [3.63, 3.8) is 0 Å². The molecule has 0 aliphatic rings. The van der Waals surface area contributed by atoms with Gasteiger partial charge in [0, 0.05) is 110 Å². The molecule has 0 aliphatic carbocycles. The number of nitriles is 5. The van der Waals surface area contributed by atoms with Gasteiger partial charge in [0.25, 0.3) is 19.3 Å². The molecule has 10 aromatic heterocycles. The van der Waals surface area contributed by atoms with E-state index in [0.717, 1.165) is 89.2 Å². The Kier molecular flexibility index (Phi) is 29.8. The Balaban J connectivity index is 0.000000216. The molecule has 0 aliphatic heterocycles. The van der Waals surface area contributed by atoms with Crippen molar-refractivity contribution in [3.05, 3.63) is 294 Å². The first kappa shape index (κ1) is 87.5. The second-order valence-electron chi connectivity index (χ2n) is 24.3. The average molecular weight is 1620 g/mol. The zero-order chi connectivity index (χ0) is 76.5. The van der Waals surface area contributed by atoms with Crippen LogP contribution in [0.5, 0.6) is 0 Å². The Bertz CT molecular complexity index is 6110. The number of carbonyl (C=O) groups is 2. The van der Waals surface area contributed by atoms with Crippen LogP contribution in [-0.2, 0) is 6.61 Å². The summed E-state index contributed by atoms with van der Waals surface area (Å²) < 4.78 is 88.2. The van der Waals surface area contributed by atoms with Gasteiger partial charge >= 0.3 is 0 Å². The molecule has 0 saturated carbocycles. The van der Waals surface area contributed by atoms with E-state index in [-0.39, 0.29) is 66.2 Å². The van der Waals surface area contributed by atoms with E-state index in [1.165, 1.54) is 37.5 Å². The highest BCUT2D eigenvalue weighted by Crippen LogP contribution is 2.35. The summed E-state index contributed by atoms with van der Waals surface area (Å²) in [6.07, 6.45) is -0.186. The molecule has 0 saturated heterocycles. The molecule has 10 heterocycles. The smallest absolute Gasteiger partial charge is 0.265 e. The Labute approximate surface area is 658 Å². The van der Waals surface area contributed by atoms with Crippen LogP contribution in [0.3, 0.4) is 0 Å². The number of fused-ring (bicyclic) bond motifs is 5. The number of ketones is 1. The van der Waals surface area contributed by atoms with Crippen molar-refractivity contribution in [2.45, 2.75) is 105 Å². The van der Waals surface area contributed by atoms with Crippen molar-refractivity contribution in [3.8, 4) is 58.8 Å². The first-order valence-electron chi connectivity index (χ1n) is 32.6. The standard InChI is InChI=1S/C18H13F2N3O.C16H10F2IN3.C16H11F2N3.C16H13N3O.C16H11N3O.5CH4/c1-10-16(11(2)24)17-15(7-13(9-22-17)18(19)20)23(10)14-5-3-12(8-21)4-6-14;1-9-14(19)15-13(6-11(8-21-15)16(17)18)22(9)12-4-2-10(7-20)3-5-12;1-10-6-14-15(7-12(9-20-14)16(17)18)21(10)13-4-2-11(8-19)3-5-13;2*1-11-6-15-16(7-13(10-20)9-18-15)19(11)14-4-2-12(8-17)3-5-14;;;;;/h3-7,9,18H,1-2H3;2-6,8,16H,1H3;2-7,9,16H,1H3;2-7,9,20H,10H2,1H3;2-7,9-10H,1H3;5*1H4. The van der Waals surface area contributed by atoms with E-state index in [0.29, 0.717) is 83.4 Å². The quantitative estimate of drug-likeness (QED) is 0.0547. The molecule has 0 spiro atoms. The first-order valence-corrected chi connectivity index (χ1v) is 33.6. The third-order valence-electron chi connectivity index (χ3n) is 17.4. The maximum atomic E-state index is 13.0. The number of aliphatic hydroxyl groups excluding tert-OH is 1. The maximum Gasteiger partial charge on any atom is 0.265 e. The van der Waals surface area contributed by atoms with Gasteiger partial charge in [-0.25, -0.2) is 26.3 Å². The third-order valence-corrected chi connectivity index (χ3v) is 18.7. The molecule has 112 heavy (non-hydrogen) atoms. The molecule has 0 radical (unpaired) electrons. The summed E-state index contributed by atoms with van der Waals surface area (Å²) in [6.45, 7) is 11.0. The fraction of sp³-hybridized carbons (Fsp3) is 0.172. The molecule has 5 aromatic carbocycles. The normalized spacial score (nSPS) is 10.4. The molecule has 15 rings (SSSR count). The number of aryl methyl sites for hydroxylation is 3. The number of carbonyl (C=O) groups excluding carboxylic acids is 2. The molecule has 15 aromatic rings. The van der Waals surface area contributed by atoms with E-state index >= 15 is 0 Å². The molecule has 568 valence electrons. The fourth-order valence-electron chi connectivity index (χ4n) is 12.3. The monoisotopic (exact) mass is 1620 g/mol. The number of hydrogen-bond acceptors (Lipinski definition) is 13. The highest BCUT2D eigenvalue weighted by Gasteiger charge is 2.23. The molecule has 0 unspecified atom stereocenters. The summed E-state index contributed by atoms with van der Waals surface area (Å²) in [7, 11) is 0. The topological polar surface area (TPSA) is 262 Å². The number of Topliss-reactive ketones (excluding diaryl/α,β-unsaturated/α-hetero) is 1. The number of aldehydes is 1. The zero-order valence-corrected chi connectivity index (χ0v) is 59.8. The van der Waals surface area contributed by atoms with Crippen molar-refractivity contribution < 1.29 is 41.0 Å². The number of hydrogen-bond donors (Lipinski definition) is 1. The molecule has 0 bridgehead atoms. The van der Waals surface area contributed by atoms with Gasteiger partial charge in [-0.15, -0.1) is 0 Å². The SMILES string of the molecule is C.C.C.C.C.CC(=O)c1c(C)n(-c2ccc(C#N)cc2)c2cc(C(F)F)cnc12.Cc1c(I)c2ncc(C(F)F)cc2n1-c1ccc(C#N)cc1.Cc1cc2ncc(C(F)F)cc2n1-c1ccc(C#N)cc1.Cc1cc2ncc(C=O)cc2n1-c1ccc(C#N)cc1.Cc1cc2ncc(CO)cc2n1-c1ccc(C#N)cc1. The van der Waals surface area contributed by atoms with E-state index in [1.807, 2.05) is 102 Å². The van der Waals surface area contributed by atoms with Gasteiger partial charge < -0.3 is 27.9 Å². The number of nitrogens with zero attached hydrogens (tertiary/aromatic N) is 15. The molecule has 18 nitrogen and oxygen atoms in total. The Morgan fingerprint density at radius 1 is 0.411 bits per heavy atom. The summed E-state index contributed by atoms with van der Waals surface area (Å²) in [5, 5.41) is 53.6.